The van der Waals surface area contributed by atoms with Gasteiger partial charge < -0.3 is 10.5 Å². The Bertz CT molecular complexity index is 437. The van der Waals surface area contributed by atoms with Gasteiger partial charge in [0.1, 0.15) is 5.75 Å². The van der Waals surface area contributed by atoms with Crippen LogP contribution in [0.5, 0.6) is 5.75 Å². The lowest BCUT2D eigenvalue weighted by Crippen LogP contribution is -2.01. The van der Waals surface area contributed by atoms with Crippen LogP contribution in [0.4, 0.5) is 5.69 Å². The smallest absolute Gasteiger partial charge is 0.121 e. The summed E-state index contributed by atoms with van der Waals surface area (Å²) in [5.41, 5.74) is 7.38. The van der Waals surface area contributed by atoms with Crippen LogP contribution in [-0.4, -0.2) is 16.4 Å². The fourth-order valence-electron chi connectivity index (χ4n) is 1.39. The predicted octanol–water partition coefficient (Wildman–Crippen LogP) is 1.85. The van der Waals surface area contributed by atoms with E-state index in [0.29, 0.717) is 12.3 Å². The van der Waals surface area contributed by atoms with Gasteiger partial charge in [0.25, 0.3) is 0 Å². The molecule has 78 valence electrons. The number of hydrogen-bond donors (Lipinski definition) is 1. The third-order valence-electron chi connectivity index (χ3n) is 2.06. The van der Waals surface area contributed by atoms with Crippen molar-refractivity contribution in [2.75, 3.05) is 12.3 Å². The monoisotopic (exact) mass is 203 g/mol. The molecule has 0 fully saturated rings. The molecule has 0 spiro atoms. The SMILES string of the molecule is CCOc1ccc(N)c(-n2cccn2)c1. The largest absolute Gasteiger partial charge is 0.494 e. The minimum atomic E-state index is 0.641. The van der Waals surface area contributed by atoms with Crippen molar-refractivity contribution in [1.82, 2.24) is 9.78 Å². The molecular weight excluding hydrogens is 190 g/mol. The molecule has 0 amide bonds. The van der Waals surface area contributed by atoms with Gasteiger partial charge >= 0.3 is 0 Å². The van der Waals surface area contributed by atoms with Crippen LogP contribution in [0.15, 0.2) is 36.7 Å². The van der Waals surface area contributed by atoms with Crippen LogP contribution in [0.25, 0.3) is 5.69 Å². The number of hydrogen-bond acceptors (Lipinski definition) is 3. The van der Waals surface area contributed by atoms with E-state index in [1.807, 2.05) is 37.4 Å². The van der Waals surface area contributed by atoms with Crippen LogP contribution in [-0.2, 0) is 0 Å². The maximum absolute atomic E-state index is 5.86. The van der Waals surface area contributed by atoms with Crippen molar-refractivity contribution in [2.24, 2.45) is 0 Å². The average molecular weight is 203 g/mol. The maximum atomic E-state index is 5.86. The summed E-state index contributed by atoms with van der Waals surface area (Å²) in [4.78, 5) is 0. The topological polar surface area (TPSA) is 53.1 Å². The Morgan fingerprint density at radius 3 is 3.00 bits per heavy atom. The Morgan fingerprint density at radius 1 is 1.47 bits per heavy atom. The number of anilines is 1. The zero-order valence-corrected chi connectivity index (χ0v) is 8.55. The lowest BCUT2D eigenvalue weighted by Gasteiger charge is -2.08. The Hall–Kier alpha value is -1.97. The molecular formula is C11H13N3O. The Kier molecular flexibility index (Phi) is 2.58. The highest BCUT2D eigenvalue weighted by Crippen LogP contribution is 2.22. The second-order valence-electron chi connectivity index (χ2n) is 3.10. The van der Waals surface area contributed by atoms with Gasteiger partial charge in [0.15, 0.2) is 0 Å². The van der Waals surface area contributed by atoms with E-state index in [0.717, 1.165) is 11.4 Å². The first-order chi connectivity index (χ1) is 7.31. The van der Waals surface area contributed by atoms with E-state index in [-0.39, 0.29) is 0 Å². The molecule has 0 atom stereocenters. The first kappa shape index (κ1) is 9.58. The number of ether oxygens (including phenoxy) is 1. The number of benzene rings is 1. The van der Waals surface area contributed by atoms with E-state index >= 15 is 0 Å². The minimum absolute atomic E-state index is 0.641. The first-order valence-electron chi connectivity index (χ1n) is 4.83. The van der Waals surface area contributed by atoms with E-state index in [1.165, 1.54) is 0 Å². The molecule has 2 aromatic rings. The summed E-state index contributed by atoms with van der Waals surface area (Å²) < 4.78 is 7.12. The van der Waals surface area contributed by atoms with E-state index in [2.05, 4.69) is 5.10 Å². The normalized spacial score (nSPS) is 10.2. The van der Waals surface area contributed by atoms with Crippen LogP contribution in [0.1, 0.15) is 6.92 Å². The minimum Gasteiger partial charge on any atom is -0.494 e. The molecule has 4 nitrogen and oxygen atoms in total. The van der Waals surface area contributed by atoms with Crippen molar-refractivity contribution >= 4 is 5.69 Å². The van der Waals surface area contributed by atoms with Gasteiger partial charge in [-0.05, 0) is 25.1 Å². The van der Waals surface area contributed by atoms with E-state index < -0.39 is 0 Å². The summed E-state index contributed by atoms with van der Waals surface area (Å²) in [6.07, 6.45) is 3.56. The molecule has 2 N–H and O–H groups in total. The van der Waals surface area contributed by atoms with Gasteiger partial charge in [-0.25, -0.2) is 4.68 Å². The zero-order valence-electron chi connectivity index (χ0n) is 8.55. The first-order valence-corrected chi connectivity index (χ1v) is 4.83. The highest BCUT2D eigenvalue weighted by molar-refractivity contribution is 5.60. The molecule has 0 saturated heterocycles. The third-order valence-corrected chi connectivity index (χ3v) is 2.06. The van der Waals surface area contributed by atoms with Crippen LogP contribution >= 0.6 is 0 Å². The summed E-state index contributed by atoms with van der Waals surface area (Å²) in [6, 6.07) is 7.41. The maximum Gasteiger partial charge on any atom is 0.121 e. The third kappa shape index (κ3) is 1.93. The molecule has 0 unspecified atom stereocenters. The van der Waals surface area contributed by atoms with E-state index in [4.69, 9.17) is 10.5 Å². The highest BCUT2D eigenvalue weighted by atomic mass is 16.5. The molecule has 0 radical (unpaired) electrons. The van der Waals surface area contributed by atoms with Crippen LogP contribution in [0, 0.1) is 0 Å². The van der Waals surface area contributed by atoms with Gasteiger partial charge in [0, 0.05) is 18.5 Å². The summed E-state index contributed by atoms with van der Waals surface area (Å²) in [6.45, 7) is 2.59. The van der Waals surface area contributed by atoms with Crippen molar-refractivity contribution in [3.05, 3.63) is 36.7 Å². The summed E-state index contributed by atoms with van der Waals surface area (Å²) >= 11 is 0. The van der Waals surface area contributed by atoms with Crippen molar-refractivity contribution in [3.8, 4) is 11.4 Å². The van der Waals surface area contributed by atoms with Crippen LogP contribution in [0.3, 0.4) is 0 Å². The molecule has 0 bridgehead atoms. The number of nitrogens with zero attached hydrogens (tertiary/aromatic N) is 2. The van der Waals surface area contributed by atoms with Gasteiger partial charge in [-0.15, -0.1) is 0 Å². The van der Waals surface area contributed by atoms with Crippen molar-refractivity contribution in [1.29, 1.82) is 0 Å². The summed E-state index contributed by atoms with van der Waals surface area (Å²) in [7, 11) is 0. The molecule has 0 saturated carbocycles. The number of aromatic nitrogens is 2. The number of nitrogens with two attached hydrogens (primary N) is 1. The fraction of sp³-hybridized carbons (Fsp3) is 0.182. The molecule has 0 aliphatic rings. The summed E-state index contributed by atoms with van der Waals surface area (Å²) in [5.74, 6) is 0.803. The zero-order chi connectivity index (χ0) is 10.7. The molecule has 0 aliphatic carbocycles. The average Bonchev–Trinajstić information content (AvgIpc) is 2.74. The number of nitrogen functional groups attached to an aromatic ring is 1. The molecule has 4 heteroatoms. The van der Waals surface area contributed by atoms with E-state index in [9.17, 15) is 0 Å². The quantitative estimate of drug-likeness (QED) is 0.774. The molecule has 15 heavy (non-hydrogen) atoms. The van der Waals surface area contributed by atoms with Gasteiger partial charge in [0.2, 0.25) is 0 Å². The lowest BCUT2D eigenvalue weighted by molar-refractivity contribution is 0.340. The Balaban J connectivity index is 2.41. The summed E-state index contributed by atoms with van der Waals surface area (Å²) in [5, 5.41) is 4.13. The fourth-order valence-corrected chi connectivity index (χ4v) is 1.39. The van der Waals surface area contributed by atoms with Gasteiger partial charge in [0.05, 0.1) is 18.0 Å². The standard InChI is InChI=1S/C11H13N3O/c1-2-15-9-4-5-10(12)11(8-9)14-7-3-6-13-14/h3-8H,2,12H2,1H3. The molecule has 1 aromatic heterocycles. The second kappa shape index (κ2) is 4.04. The predicted molar refractivity (Wildman–Crippen MR) is 59.1 cm³/mol. The van der Waals surface area contributed by atoms with Crippen molar-refractivity contribution in [2.45, 2.75) is 6.92 Å². The molecule has 1 heterocycles. The van der Waals surface area contributed by atoms with Crippen LogP contribution < -0.4 is 10.5 Å². The Morgan fingerprint density at radius 2 is 2.33 bits per heavy atom. The lowest BCUT2D eigenvalue weighted by atomic mass is 10.2. The van der Waals surface area contributed by atoms with E-state index in [1.54, 1.807) is 10.9 Å². The molecule has 0 aliphatic heterocycles. The second-order valence-corrected chi connectivity index (χ2v) is 3.10. The molecule has 2 rings (SSSR count). The van der Waals surface area contributed by atoms with Crippen molar-refractivity contribution < 1.29 is 4.74 Å². The highest BCUT2D eigenvalue weighted by Gasteiger charge is 2.03. The molecule has 1 aromatic carbocycles. The van der Waals surface area contributed by atoms with Gasteiger partial charge in [-0.3, -0.25) is 0 Å². The van der Waals surface area contributed by atoms with Crippen LogP contribution in [0.2, 0.25) is 0 Å². The van der Waals surface area contributed by atoms with Crippen molar-refractivity contribution in [3.63, 3.8) is 0 Å². The van der Waals surface area contributed by atoms with Gasteiger partial charge in [-0.1, -0.05) is 0 Å². The Labute approximate surface area is 88.3 Å². The van der Waals surface area contributed by atoms with Gasteiger partial charge in [-0.2, -0.15) is 5.10 Å². The number of rotatable bonds is 3.